The van der Waals surface area contributed by atoms with Gasteiger partial charge in [0.15, 0.2) is 0 Å². The Balaban J connectivity index is 1.74. The first-order valence-electron chi connectivity index (χ1n) is 7.10. The molecule has 0 saturated carbocycles. The molecule has 0 aliphatic carbocycles. The molecule has 1 amide bonds. The van der Waals surface area contributed by atoms with Gasteiger partial charge in [0, 0.05) is 18.1 Å². The molecule has 2 heterocycles. The maximum absolute atomic E-state index is 12.6. The Morgan fingerprint density at radius 3 is 2.40 bits per heavy atom. The van der Waals surface area contributed by atoms with Crippen LogP contribution in [0.1, 0.15) is 23.2 Å². The van der Waals surface area contributed by atoms with Crippen molar-refractivity contribution in [1.29, 1.82) is 0 Å². The van der Waals surface area contributed by atoms with E-state index in [0.717, 1.165) is 39.0 Å². The molecule has 2 saturated heterocycles. The number of halogens is 2. The Labute approximate surface area is 129 Å². The summed E-state index contributed by atoms with van der Waals surface area (Å²) < 4.78 is 0. The summed E-state index contributed by atoms with van der Waals surface area (Å²) in [6, 6.07) is 5.07. The zero-order chi connectivity index (χ0) is 14.1. The molecule has 20 heavy (non-hydrogen) atoms. The Morgan fingerprint density at radius 1 is 1.15 bits per heavy atom. The van der Waals surface area contributed by atoms with Crippen molar-refractivity contribution in [3.63, 3.8) is 0 Å². The van der Waals surface area contributed by atoms with Crippen molar-refractivity contribution in [2.75, 3.05) is 26.2 Å². The second-order valence-corrected chi connectivity index (χ2v) is 6.52. The molecule has 1 N–H and O–H groups in total. The minimum Gasteiger partial charge on any atom is -0.339 e. The molecular formula is C15H18Cl2N2O. The lowest BCUT2D eigenvalue weighted by molar-refractivity contribution is 0.0758. The van der Waals surface area contributed by atoms with E-state index in [9.17, 15) is 4.79 Å². The largest absolute Gasteiger partial charge is 0.339 e. The number of rotatable bonds is 1. The summed E-state index contributed by atoms with van der Waals surface area (Å²) in [7, 11) is 0. The Morgan fingerprint density at radius 2 is 1.80 bits per heavy atom. The molecule has 0 bridgehead atoms. The number of carbonyl (C=O) groups is 1. The summed E-state index contributed by atoms with van der Waals surface area (Å²) >= 11 is 12.0. The number of fused-ring (bicyclic) bond motifs is 1. The van der Waals surface area contributed by atoms with Crippen molar-refractivity contribution in [3.8, 4) is 0 Å². The van der Waals surface area contributed by atoms with Crippen LogP contribution in [0.25, 0.3) is 0 Å². The molecule has 2 fully saturated rings. The fourth-order valence-electron chi connectivity index (χ4n) is 3.25. The molecule has 1 aromatic carbocycles. The van der Waals surface area contributed by atoms with E-state index in [-0.39, 0.29) is 5.91 Å². The van der Waals surface area contributed by atoms with Crippen LogP contribution in [0.15, 0.2) is 18.2 Å². The van der Waals surface area contributed by atoms with Crippen LogP contribution in [0, 0.1) is 11.8 Å². The lowest BCUT2D eigenvalue weighted by Gasteiger charge is -2.21. The van der Waals surface area contributed by atoms with Crippen molar-refractivity contribution in [2.24, 2.45) is 11.8 Å². The monoisotopic (exact) mass is 312 g/mol. The van der Waals surface area contributed by atoms with E-state index in [2.05, 4.69) is 5.32 Å². The summed E-state index contributed by atoms with van der Waals surface area (Å²) in [5, 5.41) is 4.44. The van der Waals surface area contributed by atoms with Gasteiger partial charge in [0.25, 0.3) is 5.91 Å². The Kier molecular flexibility index (Phi) is 4.20. The third kappa shape index (κ3) is 2.80. The smallest absolute Gasteiger partial charge is 0.255 e. The zero-order valence-corrected chi connectivity index (χ0v) is 12.8. The molecule has 2 aliphatic rings. The van der Waals surface area contributed by atoms with Gasteiger partial charge in [-0.25, -0.2) is 0 Å². The van der Waals surface area contributed by atoms with E-state index in [1.54, 1.807) is 18.2 Å². The quantitative estimate of drug-likeness (QED) is 0.864. The average molecular weight is 313 g/mol. The van der Waals surface area contributed by atoms with Gasteiger partial charge in [-0.1, -0.05) is 23.2 Å². The SMILES string of the molecule is O=C(c1ccc(Cl)cc1Cl)N1CC[C@@H]2CNC[C@@H]2CC1. The van der Waals surface area contributed by atoms with E-state index >= 15 is 0 Å². The van der Waals surface area contributed by atoms with Crippen molar-refractivity contribution in [1.82, 2.24) is 10.2 Å². The zero-order valence-electron chi connectivity index (χ0n) is 11.2. The molecule has 1 aromatic rings. The van der Waals surface area contributed by atoms with Gasteiger partial charge in [-0.3, -0.25) is 4.79 Å². The number of nitrogens with zero attached hydrogens (tertiary/aromatic N) is 1. The van der Waals surface area contributed by atoms with Gasteiger partial charge < -0.3 is 10.2 Å². The van der Waals surface area contributed by atoms with Gasteiger partial charge in [-0.2, -0.15) is 0 Å². The van der Waals surface area contributed by atoms with Crippen LogP contribution in [0.4, 0.5) is 0 Å². The van der Waals surface area contributed by atoms with Crippen molar-refractivity contribution in [3.05, 3.63) is 33.8 Å². The van der Waals surface area contributed by atoms with Crippen LogP contribution in [-0.4, -0.2) is 37.0 Å². The Hall–Kier alpha value is -0.770. The van der Waals surface area contributed by atoms with E-state index in [0.29, 0.717) is 27.4 Å². The predicted molar refractivity (Wildman–Crippen MR) is 81.4 cm³/mol. The number of carbonyl (C=O) groups excluding carboxylic acids is 1. The van der Waals surface area contributed by atoms with Gasteiger partial charge in [0.05, 0.1) is 10.6 Å². The molecule has 2 aliphatic heterocycles. The topological polar surface area (TPSA) is 32.3 Å². The molecule has 3 nitrogen and oxygen atoms in total. The normalized spacial score (nSPS) is 26.2. The molecule has 3 rings (SSSR count). The van der Waals surface area contributed by atoms with Crippen LogP contribution in [-0.2, 0) is 0 Å². The van der Waals surface area contributed by atoms with E-state index in [1.165, 1.54) is 0 Å². The number of nitrogens with one attached hydrogen (secondary N) is 1. The Bertz CT molecular complexity index is 507. The van der Waals surface area contributed by atoms with Crippen LogP contribution >= 0.6 is 23.2 Å². The lowest BCUT2D eigenvalue weighted by atomic mass is 9.92. The maximum atomic E-state index is 12.6. The number of benzene rings is 1. The first kappa shape index (κ1) is 14.2. The molecule has 2 atom stereocenters. The first-order valence-corrected chi connectivity index (χ1v) is 7.86. The van der Waals surface area contributed by atoms with Crippen LogP contribution in [0.5, 0.6) is 0 Å². The third-order valence-electron chi connectivity index (χ3n) is 4.47. The number of hydrogen-bond donors (Lipinski definition) is 1. The van der Waals surface area contributed by atoms with E-state index < -0.39 is 0 Å². The molecule has 0 unspecified atom stereocenters. The number of hydrogen-bond acceptors (Lipinski definition) is 2. The highest BCUT2D eigenvalue weighted by molar-refractivity contribution is 6.36. The van der Waals surface area contributed by atoms with Crippen molar-refractivity contribution in [2.45, 2.75) is 12.8 Å². The molecule has 108 valence electrons. The molecule has 0 spiro atoms. The molecular weight excluding hydrogens is 295 g/mol. The summed E-state index contributed by atoms with van der Waals surface area (Å²) in [6.07, 6.45) is 2.16. The van der Waals surface area contributed by atoms with E-state index in [1.807, 2.05) is 4.90 Å². The number of likely N-dealkylation sites (tertiary alicyclic amines) is 1. The minimum atomic E-state index is 0.0274. The van der Waals surface area contributed by atoms with Crippen LogP contribution in [0.3, 0.4) is 0 Å². The van der Waals surface area contributed by atoms with Gasteiger partial charge in [0.2, 0.25) is 0 Å². The van der Waals surface area contributed by atoms with Crippen LogP contribution in [0.2, 0.25) is 10.0 Å². The first-order chi connectivity index (χ1) is 9.65. The van der Waals surface area contributed by atoms with E-state index in [4.69, 9.17) is 23.2 Å². The fourth-order valence-corrected chi connectivity index (χ4v) is 3.74. The molecule has 0 radical (unpaired) electrons. The summed E-state index contributed by atoms with van der Waals surface area (Å²) in [4.78, 5) is 14.5. The molecule has 0 aromatic heterocycles. The fraction of sp³-hybridized carbons (Fsp3) is 0.533. The third-order valence-corrected chi connectivity index (χ3v) is 5.02. The molecule has 5 heteroatoms. The van der Waals surface area contributed by atoms with Gasteiger partial charge in [-0.15, -0.1) is 0 Å². The van der Waals surface area contributed by atoms with Crippen LogP contribution < -0.4 is 5.32 Å². The van der Waals surface area contributed by atoms with Crippen molar-refractivity contribution < 1.29 is 4.79 Å². The van der Waals surface area contributed by atoms with Gasteiger partial charge in [-0.05, 0) is 56.0 Å². The van der Waals surface area contributed by atoms with Gasteiger partial charge in [0.1, 0.15) is 0 Å². The predicted octanol–water partition coefficient (Wildman–Crippen LogP) is 3.07. The average Bonchev–Trinajstić information content (AvgIpc) is 2.77. The number of amides is 1. The second kappa shape index (κ2) is 5.92. The standard InChI is InChI=1S/C15H18Cl2N2O/c16-12-1-2-13(14(17)7-12)15(20)19-5-3-10-8-18-9-11(10)4-6-19/h1-2,7,10-11,18H,3-6,8-9H2/t10-,11+. The second-order valence-electron chi connectivity index (χ2n) is 5.67. The van der Waals surface area contributed by atoms with Gasteiger partial charge >= 0.3 is 0 Å². The minimum absolute atomic E-state index is 0.0274. The lowest BCUT2D eigenvalue weighted by Crippen LogP contribution is -2.32. The maximum Gasteiger partial charge on any atom is 0.255 e. The highest BCUT2D eigenvalue weighted by Crippen LogP contribution is 2.29. The van der Waals surface area contributed by atoms with Crippen molar-refractivity contribution >= 4 is 29.1 Å². The summed E-state index contributed by atoms with van der Waals surface area (Å²) in [5.41, 5.74) is 0.557. The highest BCUT2D eigenvalue weighted by atomic mass is 35.5. The highest BCUT2D eigenvalue weighted by Gasteiger charge is 2.31. The summed E-state index contributed by atoms with van der Waals surface area (Å²) in [5.74, 6) is 1.46. The summed E-state index contributed by atoms with van der Waals surface area (Å²) in [6.45, 7) is 3.82.